The maximum absolute atomic E-state index is 5.91. The lowest BCUT2D eigenvalue weighted by Crippen LogP contribution is -2.33. The van der Waals surface area contributed by atoms with Gasteiger partial charge in [-0.3, -0.25) is 4.90 Å². The van der Waals surface area contributed by atoms with Crippen LogP contribution in [-0.4, -0.2) is 45.4 Å². The Kier molecular flexibility index (Phi) is 6.61. The van der Waals surface area contributed by atoms with Crippen LogP contribution in [-0.2, 0) is 0 Å². The molecule has 1 aliphatic rings. The molecule has 5 nitrogen and oxygen atoms in total. The number of benzene rings is 2. The van der Waals surface area contributed by atoms with Gasteiger partial charge < -0.3 is 18.9 Å². The van der Waals surface area contributed by atoms with E-state index in [4.69, 9.17) is 18.9 Å². The summed E-state index contributed by atoms with van der Waals surface area (Å²) >= 11 is 0. The quantitative estimate of drug-likeness (QED) is 0.702. The molecule has 0 saturated carbocycles. The fourth-order valence-electron chi connectivity index (χ4n) is 3.07. The minimum Gasteiger partial charge on any atom is -0.497 e. The minimum absolute atomic E-state index is 0.631. The largest absolute Gasteiger partial charge is 0.497 e. The number of hydrogen-bond acceptors (Lipinski definition) is 5. The predicted molar refractivity (Wildman–Crippen MR) is 102 cm³/mol. The molecule has 140 valence electrons. The minimum atomic E-state index is 0.631. The van der Waals surface area contributed by atoms with Gasteiger partial charge >= 0.3 is 0 Å². The van der Waals surface area contributed by atoms with E-state index in [2.05, 4.69) is 4.90 Å². The summed E-state index contributed by atoms with van der Waals surface area (Å²) in [5.41, 5.74) is 0. The summed E-state index contributed by atoms with van der Waals surface area (Å²) in [6.45, 7) is 4.09. The highest BCUT2D eigenvalue weighted by atomic mass is 16.5. The number of rotatable bonds is 8. The molecule has 2 aromatic carbocycles. The molecule has 5 heteroatoms. The Morgan fingerprint density at radius 1 is 0.769 bits per heavy atom. The molecule has 1 fully saturated rings. The number of likely N-dealkylation sites (tertiary alicyclic amines) is 1. The number of piperidine rings is 1. The first kappa shape index (κ1) is 18.4. The smallest absolute Gasteiger partial charge is 0.169 e. The van der Waals surface area contributed by atoms with Gasteiger partial charge in [0.1, 0.15) is 23.9 Å². The molecule has 0 aliphatic carbocycles. The van der Waals surface area contributed by atoms with Crippen LogP contribution >= 0.6 is 0 Å². The molecule has 0 bridgehead atoms. The number of nitrogens with zero attached hydrogens (tertiary/aromatic N) is 1. The van der Waals surface area contributed by atoms with Crippen molar-refractivity contribution in [2.45, 2.75) is 19.3 Å². The van der Waals surface area contributed by atoms with E-state index in [1.54, 1.807) is 20.3 Å². The lowest BCUT2D eigenvalue weighted by atomic mass is 10.1. The molecular weight excluding hydrogens is 330 g/mol. The van der Waals surface area contributed by atoms with Gasteiger partial charge in [-0.1, -0.05) is 6.42 Å². The van der Waals surface area contributed by atoms with Crippen molar-refractivity contribution in [2.75, 3.05) is 40.5 Å². The molecule has 1 heterocycles. The highest BCUT2D eigenvalue weighted by Crippen LogP contribution is 2.34. The Labute approximate surface area is 155 Å². The molecule has 0 amide bonds. The molecule has 0 spiro atoms. The third-order valence-corrected chi connectivity index (χ3v) is 4.55. The van der Waals surface area contributed by atoms with Crippen molar-refractivity contribution in [3.8, 4) is 28.7 Å². The van der Waals surface area contributed by atoms with Crippen LogP contribution in [0.15, 0.2) is 42.5 Å². The lowest BCUT2D eigenvalue weighted by molar-refractivity contribution is 0.183. The highest BCUT2D eigenvalue weighted by molar-refractivity contribution is 5.47. The number of hydrogen-bond donors (Lipinski definition) is 0. The first-order valence-corrected chi connectivity index (χ1v) is 9.13. The number of ether oxygens (including phenoxy) is 4. The zero-order chi connectivity index (χ0) is 18.2. The van der Waals surface area contributed by atoms with E-state index in [1.807, 2.05) is 36.4 Å². The second kappa shape index (κ2) is 9.34. The van der Waals surface area contributed by atoms with Crippen LogP contribution in [0.3, 0.4) is 0 Å². The van der Waals surface area contributed by atoms with Gasteiger partial charge in [0.05, 0.1) is 14.2 Å². The van der Waals surface area contributed by atoms with Crippen LogP contribution in [0.5, 0.6) is 28.7 Å². The normalized spacial score (nSPS) is 14.7. The van der Waals surface area contributed by atoms with E-state index in [9.17, 15) is 0 Å². The van der Waals surface area contributed by atoms with Gasteiger partial charge in [-0.05, 0) is 62.3 Å². The fourth-order valence-corrected chi connectivity index (χ4v) is 3.07. The van der Waals surface area contributed by atoms with Crippen molar-refractivity contribution in [2.24, 2.45) is 0 Å². The van der Waals surface area contributed by atoms with E-state index >= 15 is 0 Å². The molecule has 0 radical (unpaired) electrons. The fraction of sp³-hybridized carbons (Fsp3) is 0.429. The maximum atomic E-state index is 5.91. The Morgan fingerprint density at radius 3 is 2.15 bits per heavy atom. The predicted octanol–water partition coefficient (Wildman–Crippen LogP) is 4.36. The van der Waals surface area contributed by atoms with Crippen LogP contribution in [0.4, 0.5) is 0 Å². The Balaban J connectivity index is 1.52. The van der Waals surface area contributed by atoms with Gasteiger partial charge in [0.25, 0.3) is 0 Å². The van der Waals surface area contributed by atoms with Crippen LogP contribution in [0, 0.1) is 0 Å². The first-order chi connectivity index (χ1) is 12.8. The van der Waals surface area contributed by atoms with Gasteiger partial charge in [0.15, 0.2) is 11.5 Å². The van der Waals surface area contributed by atoms with Gasteiger partial charge in [0, 0.05) is 12.6 Å². The van der Waals surface area contributed by atoms with Crippen LogP contribution in [0.25, 0.3) is 0 Å². The molecule has 1 aliphatic heterocycles. The average molecular weight is 357 g/mol. The zero-order valence-electron chi connectivity index (χ0n) is 15.6. The second-order valence-corrected chi connectivity index (χ2v) is 6.34. The van der Waals surface area contributed by atoms with E-state index in [1.165, 1.54) is 32.4 Å². The standard InChI is InChI=1S/C21H27NO4/c1-23-19-10-11-20(21(16-19)24-2)26-18-8-6-17(7-9-18)25-15-14-22-12-4-3-5-13-22/h6-11,16H,3-5,12-15H2,1-2H3. The van der Waals surface area contributed by atoms with Gasteiger partial charge in [-0.25, -0.2) is 0 Å². The van der Waals surface area contributed by atoms with Crippen LogP contribution in [0.1, 0.15) is 19.3 Å². The van der Waals surface area contributed by atoms with Crippen molar-refractivity contribution < 1.29 is 18.9 Å². The molecular formula is C21H27NO4. The van der Waals surface area contributed by atoms with E-state index in [0.717, 1.165) is 23.8 Å². The van der Waals surface area contributed by atoms with Crippen molar-refractivity contribution in [3.05, 3.63) is 42.5 Å². The molecule has 26 heavy (non-hydrogen) atoms. The first-order valence-electron chi connectivity index (χ1n) is 9.13. The van der Waals surface area contributed by atoms with Crippen molar-refractivity contribution >= 4 is 0 Å². The highest BCUT2D eigenvalue weighted by Gasteiger charge is 2.10. The molecule has 0 aromatic heterocycles. The molecule has 3 rings (SSSR count). The van der Waals surface area contributed by atoms with Crippen LogP contribution < -0.4 is 18.9 Å². The van der Waals surface area contributed by atoms with E-state index in [0.29, 0.717) is 18.1 Å². The second-order valence-electron chi connectivity index (χ2n) is 6.34. The monoisotopic (exact) mass is 357 g/mol. The molecule has 2 aromatic rings. The summed E-state index contributed by atoms with van der Waals surface area (Å²) < 4.78 is 22.3. The van der Waals surface area contributed by atoms with E-state index in [-0.39, 0.29) is 0 Å². The van der Waals surface area contributed by atoms with Crippen LogP contribution in [0.2, 0.25) is 0 Å². The molecule has 0 N–H and O–H groups in total. The Hall–Kier alpha value is -2.40. The van der Waals surface area contributed by atoms with Gasteiger partial charge in [-0.15, -0.1) is 0 Å². The van der Waals surface area contributed by atoms with Crippen molar-refractivity contribution in [3.63, 3.8) is 0 Å². The summed E-state index contributed by atoms with van der Waals surface area (Å²) in [4.78, 5) is 2.47. The number of methoxy groups -OCH3 is 2. The van der Waals surface area contributed by atoms with Crippen molar-refractivity contribution in [1.29, 1.82) is 0 Å². The third-order valence-electron chi connectivity index (χ3n) is 4.55. The summed E-state index contributed by atoms with van der Waals surface area (Å²) in [6.07, 6.45) is 3.97. The topological polar surface area (TPSA) is 40.2 Å². The van der Waals surface area contributed by atoms with Gasteiger partial charge in [-0.2, -0.15) is 0 Å². The average Bonchev–Trinajstić information content (AvgIpc) is 2.70. The van der Waals surface area contributed by atoms with E-state index < -0.39 is 0 Å². The zero-order valence-corrected chi connectivity index (χ0v) is 15.6. The lowest BCUT2D eigenvalue weighted by Gasteiger charge is -2.26. The molecule has 0 unspecified atom stereocenters. The van der Waals surface area contributed by atoms with Gasteiger partial charge in [0.2, 0.25) is 0 Å². The summed E-state index contributed by atoms with van der Waals surface area (Å²) in [5.74, 6) is 3.60. The molecule has 1 saturated heterocycles. The third kappa shape index (κ3) is 5.05. The summed E-state index contributed by atoms with van der Waals surface area (Å²) in [7, 11) is 3.24. The summed E-state index contributed by atoms with van der Waals surface area (Å²) in [6, 6.07) is 13.1. The maximum Gasteiger partial charge on any atom is 0.169 e. The SMILES string of the molecule is COc1ccc(Oc2ccc(OCCN3CCCCC3)cc2)c(OC)c1. The Morgan fingerprint density at radius 2 is 1.46 bits per heavy atom. The molecule has 0 atom stereocenters. The Bertz CT molecular complexity index is 681. The summed E-state index contributed by atoms with van der Waals surface area (Å²) in [5, 5.41) is 0. The van der Waals surface area contributed by atoms with Crippen molar-refractivity contribution in [1.82, 2.24) is 4.90 Å².